The van der Waals surface area contributed by atoms with Crippen molar-refractivity contribution in [1.29, 1.82) is 0 Å². The van der Waals surface area contributed by atoms with Crippen molar-refractivity contribution >= 4 is 22.9 Å². The van der Waals surface area contributed by atoms with E-state index >= 15 is 0 Å². The fourth-order valence-electron chi connectivity index (χ4n) is 1.89. The van der Waals surface area contributed by atoms with Crippen LogP contribution in [0.2, 0.25) is 0 Å². The molecule has 2 aromatic rings. The number of anilines is 1. The Labute approximate surface area is 128 Å². The quantitative estimate of drug-likeness (QED) is 0.861. The highest BCUT2D eigenvalue weighted by Gasteiger charge is 2.15. The van der Waals surface area contributed by atoms with Gasteiger partial charge in [-0.2, -0.15) is 0 Å². The lowest BCUT2D eigenvalue weighted by molar-refractivity contribution is 0.0935. The number of amides is 1. The third kappa shape index (κ3) is 4.01. The molecule has 1 atom stereocenters. The summed E-state index contributed by atoms with van der Waals surface area (Å²) in [7, 11) is 0. The molecule has 0 radical (unpaired) electrons. The molecule has 1 amide bonds. The van der Waals surface area contributed by atoms with Crippen molar-refractivity contribution in [3.05, 3.63) is 40.1 Å². The van der Waals surface area contributed by atoms with Gasteiger partial charge < -0.3 is 10.6 Å². The van der Waals surface area contributed by atoms with E-state index in [1.54, 1.807) is 23.6 Å². The third-order valence-electron chi connectivity index (χ3n) is 3.01. The molecule has 2 aromatic heterocycles. The van der Waals surface area contributed by atoms with Crippen LogP contribution >= 0.6 is 11.3 Å². The van der Waals surface area contributed by atoms with Gasteiger partial charge in [-0.1, -0.05) is 6.92 Å². The number of nitrogens with zero attached hydrogens (tertiary/aromatic N) is 2. The van der Waals surface area contributed by atoms with Gasteiger partial charge in [0.05, 0.1) is 6.04 Å². The summed E-state index contributed by atoms with van der Waals surface area (Å²) in [6, 6.07) is 3.48. The summed E-state index contributed by atoms with van der Waals surface area (Å²) < 4.78 is 0. The standard InChI is InChI=1S/C15H20N4OS/c1-4-12-9-18-15(21-12)10(3)19-14(20)13-8-11(16-5-2)6-7-17-13/h6-10H,4-5H2,1-3H3,(H,16,17)(H,19,20). The summed E-state index contributed by atoms with van der Waals surface area (Å²) in [5.74, 6) is -0.185. The van der Waals surface area contributed by atoms with Crippen LogP contribution in [0.3, 0.4) is 0 Å². The van der Waals surface area contributed by atoms with Crippen LogP contribution in [0, 0.1) is 0 Å². The van der Waals surface area contributed by atoms with Crippen molar-refractivity contribution in [2.24, 2.45) is 0 Å². The van der Waals surface area contributed by atoms with Crippen molar-refractivity contribution in [3.8, 4) is 0 Å². The van der Waals surface area contributed by atoms with Crippen LogP contribution in [-0.4, -0.2) is 22.4 Å². The van der Waals surface area contributed by atoms with Crippen LogP contribution < -0.4 is 10.6 Å². The Kier molecular flexibility index (Phi) is 5.27. The normalized spacial score (nSPS) is 12.0. The van der Waals surface area contributed by atoms with E-state index in [1.807, 2.05) is 26.1 Å². The zero-order valence-corrected chi connectivity index (χ0v) is 13.3. The Morgan fingerprint density at radius 3 is 2.86 bits per heavy atom. The minimum absolute atomic E-state index is 0.118. The number of hydrogen-bond acceptors (Lipinski definition) is 5. The molecule has 0 aliphatic carbocycles. The molecular formula is C15H20N4OS. The van der Waals surface area contributed by atoms with Gasteiger partial charge in [-0.3, -0.25) is 9.78 Å². The zero-order valence-electron chi connectivity index (χ0n) is 12.5. The monoisotopic (exact) mass is 304 g/mol. The highest BCUT2D eigenvalue weighted by Crippen LogP contribution is 2.20. The predicted molar refractivity (Wildman–Crippen MR) is 85.8 cm³/mol. The summed E-state index contributed by atoms with van der Waals surface area (Å²) in [5, 5.41) is 7.03. The molecule has 0 saturated heterocycles. The van der Waals surface area contributed by atoms with E-state index in [-0.39, 0.29) is 11.9 Å². The largest absolute Gasteiger partial charge is 0.385 e. The van der Waals surface area contributed by atoms with Crippen LogP contribution in [0.5, 0.6) is 0 Å². The number of carbonyl (C=O) groups excluding carboxylic acids is 1. The number of nitrogens with one attached hydrogen (secondary N) is 2. The first-order chi connectivity index (χ1) is 10.1. The molecule has 0 aliphatic heterocycles. The number of thiazole rings is 1. The van der Waals surface area contributed by atoms with Gasteiger partial charge in [-0.15, -0.1) is 11.3 Å². The average Bonchev–Trinajstić information content (AvgIpc) is 2.97. The smallest absolute Gasteiger partial charge is 0.270 e. The van der Waals surface area contributed by atoms with E-state index < -0.39 is 0 Å². The Bertz CT molecular complexity index is 611. The van der Waals surface area contributed by atoms with Gasteiger partial charge in [0, 0.05) is 29.5 Å². The summed E-state index contributed by atoms with van der Waals surface area (Å²) >= 11 is 1.63. The molecule has 0 saturated carbocycles. The molecule has 2 rings (SSSR count). The van der Waals surface area contributed by atoms with Gasteiger partial charge in [0.25, 0.3) is 5.91 Å². The topological polar surface area (TPSA) is 66.9 Å². The van der Waals surface area contributed by atoms with Gasteiger partial charge >= 0.3 is 0 Å². The number of aromatic nitrogens is 2. The molecule has 0 aromatic carbocycles. The Hall–Kier alpha value is -1.95. The van der Waals surface area contributed by atoms with Crippen LogP contribution in [0.4, 0.5) is 5.69 Å². The highest BCUT2D eigenvalue weighted by atomic mass is 32.1. The van der Waals surface area contributed by atoms with E-state index in [1.165, 1.54) is 4.88 Å². The number of aryl methyl sites for hydroxylation is 1. The third-order valence-corrected chi connectivity index (χ3v) is 4.34. The Morgan fingerprint density at radius 1 is 1.38 bits per heavy atom. The molecule has 1 unspecified atom stereocenters. The van der Waals surface area contributed by atoms with E-state index in [2.05, 4.69) is 27.5 Å². The van der Waals surface area contributed by atoms with Crippen LogP contribution in [-0.2, 0) is 6.42 Å². The van der Waals surface area contributed by atoms with Crippen molar-refractivity contribution in [2.75, 3.05) is 11.9 Å². The first-order valence-electron chi connectivity index (χ1n) is 7.09. The maximum Gasteiger partial charge on any atom is 0.270 e. The molecule has 0 spiro atoms. The summed E-state index contributed by atoms with van der Waals surface area (Å²) in [6.45, 7) is 6.84. The summed E-state index contributed by atoms with van der Waals surface area (Å²) in [6.07, 6.45) is 4.47. The fourth-order valence-corrected chi connectivity index (χ4v) is 2.75. The van der Waals surface area contributed by atoms with E-state index in [0.717, 1.165) is 23.7 Å². The number of hydrogen-bond donors (Lipinski definition) is 2. The van der Waals surface area contributed by atoms with Crippen LogP contribution in [0.15, 0.2) is 24.5 Å². The number of pyridine rings is 1. The van der Waals surface area contributed by atoms with Crippen LogP contribution in [0.1, 0.15) is 47.2 Å². The van der Waals surface area contributed by atoms with E-state index in [9.17, 15) is 4.79 Å². The maximum absolute atomic E-state index is 12.2. The second-order valence-corrected chi connectivity index (χ2v) is 5.82. The summed E-state index contributed by atoms with van der Waals surface area (Å²) in [4.78, 5) is 21.9. The van der Waals surface area contributed by atoms with Gasteiger partial charge in [-0.25, -0.2) is 4.98 Å². The molecule has 112 valence electrons. The molecule has 2 heterocycles. The minimum atomic E-state index is -0.185. The lowest BCUT2D eigenvalue weighted by Gasteiger charge is -2.11. The Morgan fingerprint density at radius 2 is 2.19 bits per heavy atom. The molecule has 0 aliphatic rings. The molecule has 0 fully saturated rings. The molecule has 21 heavy (non-hydrogen) atoms. The SMILES string of the molecule is CCNc1ccnc(C(=O)NC(C)c2ncc(CC)s2)c1. The molecule has 6 heteroatoms. The van der Waals surface area contributed by atoms with Crippen molar-refractivity contribution in [1.82, 2.24) is 15.3 Å². The molecular weight excluding hydrogens is 284 g/mol. The lowest BCUT2D eigenvalue weighted by Crippen LogP contribution is -2.27. The van der Waals surface area contributed by atoms with Gasteiger partial charge in [-0.05, 0) is 32.4 Å². The minimum Gasteiger partial charge on any atom is -0.385 e. The highest BCUT2D eigenvalue weighted by molar-refractivity contribution is 7.11. The van der Waals surface area contributed by atoms with Crippen LogP contribution in [0.25, 0.3) is 0 Å². The van der Waals surface area contributed by atoms with Crippen molar-refractivity contribution < 1.29 is 4.79 Å². The zero-order chi connectivity index (χ0) is 15.2. The van der Waals surface area contributed by atoms with Gasteiger partial charge in [0.1, 0.15) is 10.7 Å². The first-order valence-corrected chi connectivity index (χ1v) is 7.91. The Balaban J connectivity index is 2.04. The second-order valence-electron chi connectivity index (χ2n) is 4.67. The van der Waals surface area contributed by atoms with E-state index in [0.29, 0.717) is 5.69 Å². The molecule has 0 bridgehead atoms. The summed E-state index contributed by atoms with van der Waals surface area (Å²) in [5.41, 5.74) is 1.31. The maximum atomic E-state index is 12.2. The second kappa shape index (κ2) is 7.17. The molecule has 2 N–H and O–H groups in total. The number of carbonyl (C=O) groups is 1. The lowest BCUT2D eigenvalue weighted by atomic mass is 10.2. The first kappa shape index (κ1) is 15.4. The van der Waals surface area contributed by atoms with Gasteiger partial charge in [0.15, 0.2) is 0 Å². The van der Waals surface area contributed by atoms with Crippen molar-refractivity contribution in [2.45, 2.75) is 33.2 Å². The van der Waals surface area contributed by atoms with Crippen molar-refractivity contribution in [3.63, 3.8) is 0 Å². The number of rotatable bonds is 6. The van der Waals surface area contributed by atoms with Gasteiger partial charge in [0.2, 0.25) is 0 Å². The molecule has 5 nitrogen and oxygen atoms in total. The predicted octanol–water partition coefficient (Wildman–Crippen LogP) is 3.02. The van der Waals surface area contributed by atoms with E-state index in [4.69, 9.17) is 0 Å². The fraction of sp³-hybridized carbons (Fsp3) is 0.400. The average molecular weight is 304 g/mol.